The first-order chi connectivity index (χ1) is 6.79. The molecule has 2 aromatic rings. The van der Waals surface area contributed by atoms with Gasteiger partial charge in [-0.1, -0.05) is 6.07 Å². The van der Waals surface area contributed by atoms with E-state index in [1.165, 1.54) is 5.56 Å². The summed E-state index contributed by atoms with van der Waals surface area (Å²) in [4.78, 5) is 7.82. The second-order valence-corrected chi connectivity index (χ2v) is 3.56. The molecule has 0 atom stereocenters. The van der Waals surface area contributed by atoms with Gasteiger partial charge in [0, 0.05) is 13.0 Å². The van der Waals surface area contributed by atoms with Gasteiger partial charge in [0.25, 0.3) is 0 Å². The van der Waals surface area contributed by atoms with Crippen molar-refractivity contribution < 1.29 is 0 Å². The minimum absolute atomic E-state index is 0.949. The van der Waals surface area contributed by atoms with Crippen molar-refractivity contribution in [1.29, 1.82) is 0 Å². The normalized spacial score (nSPS) is 11.0. The van der Waals surface area contributed by atoms with Crippen LogP contribution in [0, 0.1) is 6.92 Å². The lowest BCUT2D eigenvalue weighted by Gasteiger charge is -1.93. The molecule has 0 aliphatic heterocycles. The van der Waals surface area contributed by atoms with Gasteiger partial charge >= 0.3 is 0 Å². The number of hydrogen-bond acceptors (Lipinski definition) is 2. The van der Waals surface area contributed by atoms with Gasteiger partial charge in [-0.25, -0.2) is 4.98 Å². The molecule has 0 fully saturated rings. The Kier molecular flexibility index (Phi) is 2.50. The van der Waals surface area contributed by atoms with E-state index in [-0.39, 0.29) is 0 Å². The molecule has 0 radical (unpaired) electrons. The van der Waals surface area contributed by atoms with E-state index >= 15 is 0 Å². The van der Waals surface area contributed by atoms with E-state index in [2.05, 4.69) is 40.4 Å². The van der Waals surface area contributed by atoms with Gasteiger partial charge in [0.05, 0.1) is 11.0 Å². The molecule has 2 rings (SSSR count). The van der Waals surface area contributed by atoms with Crippen LogP contribution in [0.4, 0.5) is 0 Å². The van der Waals surface area contributed by atoms with Crippen molar-refractivity contribution in [2.24, 2.45) is 0 Å². The molecule has 0 unspecified atom stereocenters. The third-order valence-corrected chi connectivity index (χ3v) is 2.30. The maximum Gasteiger partial charge on any atom is 0.108 e. The Bertz CT molecular complexity index is 431. The molecular weight excluding hydrogens is 174 g/mol. The van der Waals surface area contributed by atoms with Gasteiger partial charge in [0.15, 0.2) is 0 Å². The molecule has 0 saturated heterocycles. The predicted molar refractivity (Wildman–Crippen MR) is 58.5 cm³/mol. The molecular formula is C11H15N3. The molecule has 0 aliphatic carbocycles. The van der Waals surface area contributed by atoms with Crippen LogP contribution in [0.15, 0.2) is 18.2 Å². The number of aryl methyl sites for hydroxylation is 1. The molecule has 0 spiro atoms. The van der Waals surface area contributed by atoms with Crippen molar-refractivity contribution >= 4 is 11.0 Å². The van der Waals surface area contributed by atoms with Gasteiger partial charge in [-0.15, -0.1) is 0 Å². The molecule has 1 aromatic heterocycles. The number of nitrogens with one attached hydrogen (secondary N) is 2. The fourth-order valence-corrected chi connectivity index (χ4v) is 1.54. The second-order valence-electron chi connectivity index (χ2n) is 3.56. The minimum atomic E-state index is 0.949. The summed E-state index contributed by atoms with van der Waals surface area (Å²) in [5.41, 5.74) is 3.46. The highest BCUT2D eigenvalue weighted by atomic mass is 14.9. The standard InChI is InChI=1S/C11H15N3/c1-8-3-4-9-10(7-8)14-11(13-9)5-6-12-2/h3-4,7,12H,5-6H2,1-2H3,(H,13,14). The van der Waals surface area contributed by atoms with Crippen LogP contribution in [0.2, 0.25) is 0 Å². The van der Waals surface area contributed by atoms with Gasteiger partial charge in [-0.3, -0.25) is 0 Å². The van der Waals surface area contributed by atoms with Crippen LogP contribution in [0.25, 0.3) is 11.0 Å². The zero-order chi connectivity index (χ0) is 9.97. The second kappa shape index (κ2) is 3.80. The van der Waals surface area contributed by atoms with Gasteiger partial charge in [-0.2, -0.15) is 0 Å². The van der Waals surface area contributed by atoms with Crippen molar-refractivity contribution in [2.45, 2.75) is 13.3 Å². The maximum absolute atomic E-state index is 4.50. The van der Waals surface area contributed by atoms with Gasteiger partial charge in [0.2, 0.25) is 0 Å². The quantitative estimate of drug-likeness (QED) is 0.770. The Labute approximate surface area is 83.6 Å². The number of hydrogen-bond donors (Lipinski definition) is 2. The number of aromatic nitrogens is 2. The van der Waals surface area contributed by atoms with Crippen molar-refractivity contribution in [1.82, 2.24) is 15.3 Å². The number of rotatable bonds is 3. The van der Waals surface area contributed by atoms with Crippen molar-refractivity contribution in [3.8, 4) is 0 Å². The van der Waals surface area contributed by atoms with Crippen molar-refractivity contribution in [3.05, 3.63) is 29.6 Å². The number of likely N-dealkylation sites (N-methyl/N-ethyl adjacent to an activating group) is 1. The summed E-state index contributed by atoms with van der Waals surface area (Å²) in [6.07, 6.45) is 0.949. The fraction of sp³-hybridized carbons (Fsp3) is 0.364. The minimum Gasteiger partial charge on any atom is -0.342 e. The monoisotopic (exact) mass is 189 g/mol. The van der Waals surface area contributed by atoms with Crippen LogP contribution < -0.4 is 5.32 Å². The summed E-state index contributed by atoms with van der Waals surface area (Å²) in [7, 11) is 1.95. The third-order valence-electron chi connectivity index (χ3n) is 2.30. The number of nitrogens with zero attached hydrogens (tertiary/aromatic N) is 1. The largest absolute Gasteiger partial charge is 0.342 e. The Morgan fingerprint density at radius 3 is 3.07 bits per heavy atom. The van der Waals surface area contributed by atoms with Gasteiger partial charge < -0.3 is 10.3 Å². The zero-order valence-electron chi connectivity index (χ0n) is 8.59. The molecule has 0 aliphatic rings. The number of fused-ring (bicyclic) bond motifs is 1. The van der Waals surface area contributed by atoms with E-state index in [0.717, 1.165) is 29.8 Å². The van der Waals surface area contributed by atoms with E-state index in [9.17, 15) is 0 Å². The average Bonchev–Trinajstić information content (AvgIpc) is 2.56. The Hall–Kier alpha value is -1.35. The number of benzene rings is 1. The lowest BCUT2D eigenvalue weighted by molar-refractivity contribution is 0.766. The highest BCUT2D eigenvalue weighted by Gasteiger charge is 2.01. The van der Waals surface area contributed by atoms with E-state index in [4.69, 9.17) is 0 Å². The lowest BCUT2D eigenvalue weighted by atomic mass is 10.2. The predicted octanol–water partition coefficient (Wildman–Crippen LogP) is 1.63. The van der Waals surface area contributed by atoms with Crippen LogP contribution in [0.5, 0.6) is 0 Å². The smallest absolute Gasteiger partial charge is 0.108 e. The molecule has 0 bridgehead atoms. The topological polar surface area (TPSA) is 40.7 Å². The molecule has 1 heterocycles. The molecule has 0 amide bonds. The van der Waals surface area contributed by atoms with E-state index in [1.54, 1.807) is 0 Å². The van der Waals surface area contributed by atoms with Gasteiger partial charge in [0.1, 0.15) is 5.82 Å². The van der Waals surface area contributed by atoms with E-state index < -0.39 is 0 Å². The first kappa shape index (κ1) is 9.21. The Morgan fingerprint density at radius 2 is 2.29 bits per heavy atom. The molecule has 2 N–H and O–H groups in total. The van der Waals surface area contributed by atoms with Crippen LogP contribution in [0.1, 0.15) is 11.4 Å². The maximum atomic E-state index is 4.50. The summed E-state index contributed by atoms with van der Waals surface area (Å²) in [5, 5.41) is 3.11. The van der Waals surface area contributed by atoms with Crippen LogP contribution in [0.3, 0.4) is 0 Å². The highest BCUT2D eigenvalue weighted by Crippen LogP contribution is 2.13. The first-order valence-corrected chi connectivity index (χ1v) is 4.89. The van der Waals surface area contributed by atoms with Crippen molar-refractivity contribution in [3.63, 3.8) is 0 Å². The third kappa shape index (κ3) is 1.77. The zero-order valence-corrected chi connectivity index (χ0v) is 8.59. The summed E-state index contributed by atoms with van der Waals surface area (Å²) < 4.78 is 0. The fourth-order valence-electron chi connectivity index (χ4n) is 1.54. The average molecular weight is 189 g/mol. The number of aromatic amines is 1. The SMILES string of the molecule is CNCCc1nc2ccc(C)cc2[nH]1. The number of imidazole rings is 1. The molecule has 14 heavy (non-hydrogen) atoms. The first-order valence-electron chi connectivity index (χ1n) is 4.89. The van der Waals surface area contributed by atoms with Gasteiger partial charge in [-0.05, 0) is 31.7 Å². The van der Waals surface area contributed by atoms with E-state index in [1.807, 2.05) is 7.05 Å². The number of H-pyrrole nitrogens is 1. The summed E-state index contributed by atoms with van der Waals surface area (Å²) in [5.74, 6) is 1.06. The lowest BCUT2D eigenvalue weighted by Crippen LogP contribution is -2.10. The van der Waals surface area contributed by atoms with Crippen LogP contribution in [-0.4, -0.2) is 23.6 Å². The molecule has 3 nitrogen and oxygen atoms in total. The Balaban J connectivity index is 2.32. The highest BCUT2D eigenvalue weighted by molar-refractivity contribution is 5.75. The Morgan fingerprint density at radius 1 is 1.43 bits per heavy atom. The molecule has 3 heteroatoms. The van der Waals surface area contributed by atoms with Crippen LogP contribution >= 0.6 is 0 Å². The van der Waals surface area contributed by atoms with E-state index in [0.29, 0.717) is 0 Å². The summed E-state index contributed by atoms with van der Waals surface area (Å²) in [6.45, 7) is 3.05. The summed E-state index contributed by atoms with van der Waals surface area (Å²) in [6, 6.07) is 6.28. The molecule has 1 aromatic carbocycles. The molecule has 0 saturated carbocycles. The summed E-state index contributed by atoms with van der Waals surface area (Å²) >= 11 is 0. The van der Waals surface area contributed by atoms with Crippen molar-refractivity contribution in [2.75, 3.05) is 13.6 Å². The van der Waals surface area contributed by atoms with Crippen LogP contribution in [-0.2, 0) is 6.42 Å². The molecule has 74 valence electrons.